The predicted octanol–water partition coefficient (Wildman–Crippen LogP) is 3.93. The summed E-state index contributed by atoms with van der Waals surface area (Å²) in [5.41, 5.74) is -0.0949. The highest BCUT2D eigenvalue weighted by Crippen LogP contribution is 2.33. The second-order valence-electron chi connectivity index (χ2n) is 3.75. The molecular formula is C11H6Cl2FN3O3. The normalized spacial score (nSPS) is 10.4. The van der Waals surface area contributed by atoms with E-state index in [1.807, 2.05) is 0 Å². The molecule has 1 heterocycles. The van der Waals surface area contributed by atoms with Crippen molar-refractivity contribution in [2.45, 2.75) is 6.92 Å². The molecule has 0 spiro atoms. The Labute approximate surface area is 122 Å². The molecule has 6 nitrogen and oxygen atoms in total. The molecule has 2 rings (SSSR count). The summed E-state index contributed by atoms with van der Waals surface area (Å²) < 4.78 is 19.0. The number of aryl methyl sites for hydroxylation is 1. The third-order valence-corrected chi connectivity index (χ3v) is 2.80. The Morgan fingerprint density at radius 3 is 2.60 bits per heavy atom. The van der Waals surface area contributed by atoms with Crippen molar-refractivity contribution < 1.29 is 14.1 Å². The summed E-state index contributed by atoms with van der Waals surface area (Å²) in [4.78, 5) is 10.0. The zero-order chi connectivity index (χ0) is 14.9. The first-order valence-electron chi connectivity index (χ1n) is 5.19. The number of hydrogen-bond donors (Lipinski definition) is 0. The van der Waals surface area contributed by atoms with Gasteiger partial charge < -0.3 is 4.74 Å². The van der Waals surface area contributed by atoms with E-state index in [0.29, 0.717) is 0 Å². The van der Waals surface area contributed by atoms with Gasteiger partial charge in [-0.25, -0.2) is 4.39 Å². The van der Waals surface area contributed by atoms with Gasteiger partial charge in [0.15, 0.2) is 27.6 Å². The van der Waals surface area contributed by atoms with Gasteiger partial charge in [-0.05, 0) is 13.0 Å². The van der Waals surface area contributed by atoms with Crippen LogP contribution < -0.4 is 4.74 Å². The molecular weight excluding hydrogens is 312 g/mol. The molecule has 1 aromatic carbocycles. The highest BCUT2D eigenvalue weighted by atomic mass is 35.5. The number of ether oxygens (including phenoxy) is 1. The minimum atomic E-state index is -0.897. The van der Waals surface area contributed by atoms with Crippen molar-refractivity contribution in [3.05, 3.63) is 50.0 Å². The van der Waals surface area contributed by atoms with Gasteiger partial charge in [0.1, 0.15) is 0 Å². The fourth-order valence-electron chi connectivity index (χ4n) is 1.45. The third-order valence-electron chi connectivity index (χ3n) is 2.35. The van der Waals surface area contributed by atoms with Gasteiger partial charge in [-0.1, -0.05) is 23.2 Å². The van der Waals surface area contributed by atoms with Gasteiger partial charge >= 0.3 is 0 Å². The molecule has 2 aromatic rings. The lowest BCUT2D eigenvalue weighted by Gasteiger charge is -2.08. The fourth-order valence-corrected chi connectivity index (χ4v) is 1.71. The van der Waals surface area contributed by atoms with E-state index in [4.69, 9.17) is 27.9 Å². The van der Waals surface area contributed by atoms with Gasteiger partial charge in [-0.2, -0.15) is 0 Å². The summed E-state index contributed by atoms with van der Waals surface area (Å²) in [5.74, 6) is -1.12. The van der Waals surface area contributed by atoms with Crippen LogP contribution in [0.3, 0.4) is 0 Å². The SMILES string of the molecule is Cc1cc(Oc2cc(Cl)nnc2Cl)c(F)cc1[N+](=O)[O-]. The van der Waals surface area contributed by atoms with Crippen molar-refractivity contribution in [2.24, 2.45) is 0 Å². The van der Waals surface area contributed by atoms with Gasteiger partial charge in [-0.3, -0.25) is 10.1 Å². The van der Waals surface area contributed by atoms with Crippen LogP contribution in [0.25, 0.3) is 0 Å². The van der Waals surface area contributed by atoms with Crippen molar-refractivity contribution in [3.8, 4) is 11.5 Å². The molecule has 0 bridgehead atoms. The van der Waals surface area contributed by atoms with E-state index in [-0.39, 0.29) is 33.1 Å². The van der Waals surface area contributed by atoms with Crippen LogP contribution in [0.1, 0.15) is 5.56 Å². The van der Waals surface area contributed by atoms with Gasteiger partial charge in [0, 0.05) is 11.6 Å². The zero-order valence-electron chi connectivity index (χ0n) is 9.93. The molecule has 0 saturated carbocycles. The number of rotatable bonds is 3. The number of hydrogen-bond acceptors (Lipinski definition) is 5. The van der Waals surface area contributed by atoms with Gasteiger partial charge in [-0.15, -0.1) is 10.2 Å². The first-order valence-corrected chi connectivity index (χ1v) is 5.95. The first kappa shape index (κ1) is 14.4. The maximum atomic E-state index is 13.8. The summed E-state index contributed by atoms with van der Waals surface area (Å²) in [6, 6.07) is 3.22. The molecule has 0 aliphatic heterocycles. The van der Waals surface area contributed by atoms with Crippen molar-refractivity contribution in [1.82, 2.24) is 10.2 Å². The minimum absolute atomic E-state index is 0.00109. The summed E-state index contributed by atoms with van der Waals surface area (Å²) >= 11 is 11.4. The van der Waals surface area contributed by atoms with Crippen LogP contribution in [-0.4, -0.2) is 15.1 Å². The largest absolute Gasteiger partial charge is 0.451 e. The van der Waals surface area contributed by atoms with Crippen molar-refractivity contribution in [3.63, 3.8) is 0 Å². The van der Waals surface area contributed by atoms with Crippen LogP contribution in [0.4, 0.5) is 10.1 Å². The van der Waals surface area contributed by atoms with Gasteiger partial charge in [0.25, 0.3) is 5.69 Å². The molecule has 0 saturated heterocycles. The summed E-state index contributed by atoms with van der Waals surface area (Å²) in [7, 11) is 0. The second-order valence-corrected chi connectivity index (χ2v) is 4.50. The molecule has 0 fully saturated rings. The Balaban J connectivity index is 2.42. The number of benzene rings is 1. The molecule has 20 heavy (non-hydrogen) atoms. The molecule has 9 heteroatoms. The topological polar surface area (TPSA) is 78.2 Å². The zero-order valence-corrected chi connectivity index (χ0v) is 11.4. The summed E-state index contributed by atoms with van der Waals surface area (Å²) in [6.07, 6.45) is 0. The predicted molar refractivity (Wildman–Crippen MR) is 69.9 cm³/mol. The Bertz CT molecular complexity index is 697. The van der Waals surface area contributed by atoms with E-state index in [2.05, 4.69) is 10.2 Å². The molecule has 1 aromatic heterocycles. The lowest BCUT2D eigenvalue weighted by atomic mass is 10.2. The van der Waals surface area contributed by atoms with Crippen LogP contribution in [0.5, 0.6) is 11.5 Å². The van der Waals surface area contributed by atoms with Crippen molar-refractivity contribution in [2.75, 3.05) is 0 Å². The number of aromatic nitrogens is 2. The second kappa shape index (κ2) is 5.56. The van der Waals surface area contributed by atoms with E-state index in [0.717, 1.165) is 6.07 Å². The molecule has 0 aliphatic carbocycles. The highest BCUT2D eigenvalue weighted by molar-refractivity contribution is 6.32. The van der Waals surface area contributed by atoms with E-state index < -0.39 is 10.7 Å². The van der Waals surface area contributed by atoms with Crippen LogP contribution in [0, 0.1) is 22.9 Å². The lowest BCUT2D eigenvalue weighted by molar-refractivity contribution is -0.385. The summed E-state index contributed by atoms with van der Waals surface area (Å²) in [5, 5.41) is 17.6. The molecule has 104 valence electrons. The number of halogens is 3. The maximum absolute atomic E-state index is 13.8. The Morgan fingerprint density at radius 1 is 1.25 bits per heavy atom. The highest BCUT2D eigenvalue weighted by Gasteiger charge is 2.18. The van der Waals surface area contributed by atoms with Crippen LogP contribution >= 0.6 is 23.2 Å². The standard InChI is InChI=1S/C11H6Cl2FN3O3/c1-5-2-8(6(14)3-7(5)17(18)19)20-9-4-10(12)15-16-11(9)13/h2-4H,1H3. The Morgan fingerprint density at radius 2 is 1.95 bits per heavy atom. The van der Waals surface area contributed by atoms with E-state index >= 15 is 0 Å². The first-order chi connectivity index (χ1) is 9.38. The maximum Gasteiger partial charge on any atom is 0.275 e. The van der Waals surface area contributed by atoms with E-state index in [1.165, 1.54) is 19.1 Å². The molecule has 0 atom stereocenters. The van der Waals surface area contributed by atoms with E-state index in [1.54, 1.807) is 0 Å². The minimum Gasteiger partial charge on any atom is -0.451 e. The van der Waals surface area contributed by atoms with Crippen LogP contribution in [-0.2, 0) is 0 Å². The molecule has 0 radical (unpaired) electrons. The van der Waals surface area contributed by atoms with Crippen LogP contribution in [0.2, 0.25) is 10.3 Å². The Hall–Kier alpha value is -1.99. The van der Waals surface area contributed by atoms with Crippen molar-refractivity contribution in [1.29, 1.82) is 0 Å². The number of nitrogens with zero attached hydrogens (tertiary/aromatic N) is 3. The third kappa shape index (κ3) is 2.94. The Kier molecular flexibility index (Phi) is 4.01. The average molecular weight is 318 g/mol. The van der Waals surface area contributed by atoms with Gasteiger partial charge in [0.2, 0.25) is 0 Å². The lowest BCUT2D eigenvalue weighted by Crippen LogP contribution is -1.97. The average Bonchev–Trinajstić information content (AvgIpc) is 2.37. The monoisotopic (exact) mass is 317 g/mol. The van der Waals surface area contributed by atoms with E-state index in [9.17, 15) is 14.5 Å². The quantitative estimate of drug-likeness (QED) is 0.633. The molecule has 0 aliphatic rings. The number of nitro benzene ring substituents is 1. The van der Waals surface area contributed by atoms with Gasteiger partial charge in [0.05, 0.1) is 11.0 Å². The smallest absolute Gasteiger partial charge is 0.275 e. The van der Waals surface area contributed by atoms with Crippen LogP contribution in [0.15, 0.2) is 18.2 Å². The fraction of sp³-hybridized carbons (Fsp3) is 0.0909. The molecule has 0 unspecified atom stereocenters. The number of nitro groups is 1. The summed E-state index contributed by atoms with van der Waals surface area (Å²) in [6.45, 7) is 1.46. The molecule has 0 N–H and O–H groups in total. The molecule has 0 amide bonds. The van der Waals surface area contributed by atoms with Crippen molar-refractivity contribution >= 4 is 28.9 Å².